The topological polar surface area (TPSA) is 56.1 Å². The molecule has 5 nitrogen and oxygen atoms in total. The van der Waals surface area contributed by atoms with E-state index < -0.39 is 29.8 Å². The van der Waals surface area contributed by atoms with Gasteiger partial charge in [-0.05, 0) is 43.5 Å². The summed E-state index contributed by atoms with van der Waals surface area (Å²) >= 11 is 6.21. The van der Waals surface area contributed by atoms with Crippen LogP contribution in [-0.2, 0) is 17.4 Å². The molecule has 0 saturated heterocycles. The number of nitrogens with zero attached hydrogens (tertiary/aromatic N) is 2. The van der Waals surface area contributed by atoms with Crippen molar-refractivity contribution in [3.63, 3.8) is 0 Å². The SMILES string of the molecule is CC(Cc1ccc(F)cc1)NC(=O)COc1cc(C(F)(F)F)nn1C1=CC=CCC1Cl. The molecule has 0 radical (unpaired) electrons. The summed E-state index contributed by atoms with van der Waals surface area (Å²) in [6.07, 6.45) is 1.20. The summed E-state index contributed by atoms with van der Waals surface area (Å²) in [6, 6.07) is 6.31. The van der Waals surface area contributed by atoms with E-state index in [2.05, 4.69) is 10.4 Å². The molecule has 1 heterocycles. The second kappa shape index (κ2) is 9.55. The summed E-state index contributed by atoms with van der Waals surface area (Å²) in [4.78, 5) is 12.2. The fraction of sp³-hybridized carbons (Fsp3) is 0.333. The maximum absolute atomic E-state index is 13.1. The Hall–Kier alpha value is -2.81. The Kier molecular flexibility index (Phi) is 7.04. The molecule has 1 aliphatic carbocycles. The number of allylic oxidation sites excluding steroid dienone is 4. The number of alkyl halides is 4. The molecule has 166 valence electrons. The van der Waals surface area contributed by atoms with Crippen LogP contribution in [0.4, 0.5) is 17.6 Å². The van der Waals surface area contributed by atoms with Crippen molar-refractivity contribution in [2.75, 3.05) is 6.61 Å². The van der Waals surface area contributed by atoms with Gasteiger partial charge in [-0.25, -0.2) is 9.07 Å². The summed E-state index contributed by atoms with van der Waals surface area (Å²) in [5.41, 5.74) is 0.000108. The van der Waals surface area contributed by atoms with E-state index in [-0.39, 0.29) is 17.7 Å². The third kappa shape index (κ3) is 6.10. The number of carbonyl (C=O) groups excluding carboxylic acids is 1. The normalized spacial score (nSPS) is 17.2. The lowest BCUT2D eigenvalue weighted by Crippen LogP contribution is -2.37. The Morgan fingerprint density at radius 1 is 1.35 bits per heavy atom. The summed E-state index contributed by atoms with van der Waals surface area (Å²) in [5, 5.41) is 5.69. The van der Waals surface area contributed by atoms with Gasteiger partial charge in [0.1, 0.15) is 5.82 Å². The number of amides is 1. The van der Waals surface area contributed by atoms with Gasteiger partial charge < -0.3 is 10.1 Å². The predicted octanol–water partition coefficient (Wildman–Crippen LogP) is 4.58. The lowest BCUT2D eigenvalue weighted by molar-refractivity contribution is -0.141. The standard InChI is InChI=1S/C21H20ClF4N3O2/c1-13(10-14-6-8-15(23)9-7-14)27-19(30)12-31-20-11-18(21(24,25)26)28-29(20)17-5-3-2-4-16(17)22/h2-3,5-9,11,13,16H,4,10,12H2,1H3,(H,27,30). The number of aromatic nitrogens is 2. The highest BCUT2D eigenvalue weighted by molar-refractivity contribution is 6.25. The molecule has 31 heavy (non-hydrogen) atoms. The lowest BCUT2D eigenvalue weighted by atomic mass is 10.1. The molecule has 0 saturated carbocycles. The van der Waals surface area contributed by atoms with Crippen molar-refractivity contribution >= 4 is 23.2 Å². The quantitative estimate of drug-likeness (QED) is 0.489. The largest absolute Gasteiger partial charge is 0.467 e. The predicted molar refractivity (Wildman–Crippen MR) is 108 cm³/mol. The van der Waals surface area contributed by atoms with E-state index in [1.165, 1.54) is 12.1 Å². The molecule has 1 N–H and O–H groups in total. The van der Waals surface area contributed by atoms with E-state index in [1.54, 1.807) is 37.3 Å². The molecule has 2 unspecified atom stereocenters. The molecule has 2 atom stereocenters. The second-order valence-corrected chi connectivity index (χ2v) is 7.61. The fourth-order valence-electron chi connectivity index (χ4n) is 3.06. The Balaban J connectivity index is 1.66. The minimum absolute atomic E-state index is 0.235. The lowest BCUT2D eigenvalue weighted by Gasteiger charge is -2.18. The molecule has 0 bridgehead atoms. The number of hydrogen-bond acceptors (Lipinski definition) is 3. The first-order valence-corrected chi connectivity index (χ1v) is 9.92. The van der Waals surface area contributed by atoms with E-state index in [0.717, 1.165) is 16.3 Å². The van der Waals surface area contributed by atoms with Crippen LogP contribution in [0.5, 0.6) is 5.88 Å². The van der Waals surface area contributed by atoms with Crippen molar-refractivity contribution in [2.45, 2.75) is 37.4 Å². The van der Waals surface area contributed by atoms with Crippen molar-refractivity contribution in [3.05, 3.63) is 65.6 Å². The molecule has 0 fully saturated rings. The summed E-state index contributed by atoms with van der Waals surface area (Å²) in [6.45, 7) is 1.25. The van der Waals surface area contributed by atoms with E-state index in [4.69, 9.17) is 16.3 Å². The highest BCUT2D eigenvalue weighted by Gasteiger charge is 2.36. The average Bonchev–Trinajstić information content (AvgIpc) is 3.13. The zero-order valence-corrected chi connectivity index (χ0v) is 17.3. The van der Waals surface area contributed by atoms with Gasteiger partial charge >= 0.3 is 6.18 Å². The van der Waals surface area contributed by atoms with Crippen LogP contribution in [0.1, 0.15) is 24.6 Å². The highest BCUT2D eigenvalue weighted by atomic mass is 35.5. The number of nitrogens with one attached hydrogen (secondary N) is 1. The summed E-state index contributed by atoms with van der Waals surface area (Å²) in [5.74, 6) is -1.11. The van der Waals surface area contributed by atoms with Gasteiger partial charge in [-0.15, -0.1) is 11.6 Å². The maximum Gasteiger partial charge on any atom is 0.435 e. The van der Waals surface area contributed by atoms with Gasteiger partial charge in [0.25, 0.3) is 5.91 Å². The molecule has 3 rings (SSSR count). The van der Waals surface area contributed by atoms with Crippen LogP contribution in [0.15, 0.2) is 48.6 Å². The molecule has 0 aliphatic heterocycles. The minimum Gasteiger partial charge on any atom is -0.467 e. The van der Waals surface area contributed by atoms with Crippen molar-refractivity contribution in [2.24, 2.45) is 0 Å². The van der Waals surface area contributed by atoms with E-state index in [9.17, 15) is 22.4 Å². The third-order valence-corrected chi connectivity index (χ3v) is 4.89. The molecule has 1 aromatic carbocycles. The number of hydrogen-bond donors (Lipinski definition) is 1. The smallest absolute Gasteiger partial charge is 0.435 e. The molecule has 0 spiro atoms. The third-order valence-electron chi connectivity index (χ3n) is 4.49. The van der Waals surface area contributed by atoms with Crippen molar-refractivity contribution < 1.29 is 27.1 Å². The van der Waals surface area contributed by atoms with Crippen LogP contribution in [0.3, 0.4) is 0 Å². The monoisotopic (exact) mass is 457 g/mol. The Labute approximate surface area is 181 Å². The molecule has 2 aromatic rings. The number of benzene rings is 1. The zero-order valence-electron chi connectivity index (χ0n) is 16.5. The van der Waals surface area contributed by atoms with Crippen LogP contribution in [0, 0.1) is 5.82 Å². The van der Waals surface area contributed by atoms with Gasteiger partial charge in [-0.3, -0.25) is 4.79 Å². The van der Waals surface area contributed by atoms with Crippen LogP contribution in [0.25, 0.3) is 5.70 Å². The first-order valence-electron chi connectivity index (χ1n) is 9.48. The van der Waals surface area contributed by atoms with Crippen LogP contribution < -0.4 is 10.1 Å². The Morgan fingerprint density at radius 2 is 2.06 bits per heavy atom. The number of ether oxygens (including phenoxy) is 1. The van der Waals surface area contributed by atoms with Gasteiger partial charge in [-0.1, -0.05) is 24.3 Å². The Morgan fingerprint density at radius 3 is 2.71 bits per heavy atom. The van der Waals surface area contributed by atoms with Crippen molar-refractivity contribution in [1.29, 1.82) is 0 Å². The average molecular weight is 458 g/mol. The van der Waals surface area contributed by atoms with Gasteiger partial charge in [0.2, 0.25) is 5.88 Å². The highest BCUT2D eigenvalue weighted by Crippen LogP contribution is 2.34. The number of carbonyl (C=O) groups is 1. The van der Waals surface area contributed by atoms with Gasteiger partial charge in [-0.2, -0.15) is 18.3 Å². The first-order chi connectivity index (χ1) is 14.6. The maximum atomic E-state index is 13.1. The van der Waals surface area contributed by atoms with Crippen LogP contribution in [0.2, 0.25) is 0 Å². The van der Waals surface area contributed by atoms with E-state index >= 15 is 0 Å². The van der Waals surface area contributed by atoms with Crippen molar-refractivity contribution in [1.82, 2.24) is 15.1 Å². The van der Waals surface area contributed by atoms with Gasteiger partial charge in [0.05, 0.1) is 11.1 Å². The fourth-order valence-corrected chi connectivity index (χ4v) is 3.33. The number of rotatable bonds is 7. The minimum atomic E-state index is -4.68. The van der Waals surface area contributed by atoms with E-state index in [1.807, 2.05) is 0 Å². The molecular weight excluding hydrogens is 438 g/mol. The first kappa shape index (κ1) is 22.9. The zero-order chi connectivity index (χ0) is 22.6. The van der Waals surface area contributed by atoms with Crippen LogP contribution in [-0.4, -0.2) is 33.7 Å². The van der Waals surface area contributed by atoms with Gasteiger partial charge in [0.15, 0.2) is 12.3 Å². The van der Waals surface area contributed by atoms with E-state index in [0.29, 0.717) is 18.5 Å². The molecule has 1 amide bonds. The molecule has 1 aliphatic rings. The second-order valence-electron chi connectivity index (χ2n) is 7.09. The molecule has 10 heteroatoms. The Bertz CT molecular complexity index is 984. The molecular formula is C21H20ClF4N3O2. The molecule has 1 aromatic heterocycles. The van der Waals surface area contributed by atoms with Crippen molar-refractivity contribution in [3.8, 4) is 5.88 Å². The van der Waals surface area contributed by atoms with Gasteiger partial charge in [0, 0.05) is 12.1 Å². The number of halogens is 5. The summed E-state index contributed by atoms with van der Waals surface area (Å²) < 4.78 is 58.8. The summed E-state index contributed by atoms with van der Waals surface area (Å²) in [7, 11) is 0. The van der Waals surface area contributed by atoms with Crippen LogP contribution >= 0.6 is 11.6 Å².